The fourth-order valence-corrected chi connectivity index (χ4v) is 4.71. The van der Waals surface area contributed by atoms with Crippen molar-refractivity contribution in [2.75, 3.05) is 6.61 Å². The quantitative estimate of drug-likeness (QED) is 0.436. The summed E-state index contributed by atoms with van der Waals surface area (Å²) in [6.07, 6.45) is 7.31. The van der Waals surface area contributed by atoms with Crippen LogP contribution in [-0.2, 0) is 14.3 Å². The molecule has 1 aliphatic rings. The first kappa shape index (κ1) is 14.9. The first-order valence-corrected chi connectivity index (χ1v) is 9.98. The molecule has 100 valence electrons. The Morgan fingerprint density at radius 1 is 1.56 bits per heavy atom. The summed E-state index contributed by atoms with van der Waals surface area (Å²) in [4.78, 5) is 22.8. The van der Waals surface area contributed by atoms with Gasteiger partial charge in [0.25, 0.3) is 0 Å². The largest absolute Gasteiger partial charge is 0.466 e. The van der Waals surface area contributed by atoms with E-state index < -0.39 is 8.07 Å². The van der Waals surface area contributed by atoms with Gasteiger partial charge in [0, 0.05) is 5.57 Å². The molecule has 0 saturated carbocycles. The Kier molecular flexibility index (Phi) is 5.08. The topological polar surface area (TPSA) is 43.4 Å². The standard InChI is InChI=1S/C14H22O3Si/c1-5-17-14(16)13(18(2,3)4)12-8-6-11(10-15)7-9-12/h6-8,10,12-13H,5,9H2,1-4H3. The maximum atomic E-state index is 12.1. The van der Waals surface area contributed by atoms with Gasteiger partial charge in [-0.25, -0.2) is 0 Å². The molecular weight excluding hydrogens is 244 g/mol. The molecule has 2 atom stereocenters. The van der Waals surface area contributed by atoms with Crippen molar-refractivity contribution in [2.45, 2.75) is 38.5 Å². The molecule has 0 aromatic heterocycles. The molecule has 0 fully saturated rings. The minimum atomic E-state index is -1.65. The normalized spacial score (nSPS) is 21.1. The lowest BCUT2D eigenvalue weighted by Crippen LogP contribution is -2.39. The zero-order valence-electron chi connectivity index (χ0n) is 11.6. The highest BCUT2D eigenvalue weighted by Crippen LogP contribution is 2.36. The first-order chi connectivity index (χ1) is 8.40. The van der Waals surface area contributed by atoms with Gasteiger partial charge in [0.15, 0.2) is 0 Å². The maximum Gasteiger partial charge on any atom is 0.306 e. The molecule has 0 radical (unpaired) electrons. The van der Waals surface area contributed by atoms with Crippen molar-refractivity contribution in [2.24, 2.45) is 5.92 Å². The molecule has 0 aliphatic heterocycles. The van der Waals surface area contributed by atoms with Gasteiger partial charge < -0.3 is 4.74 Å². The Bertz CT molecular complexity index is 377. The van der Waals surface area contributed by atoms with E-state index >= 15 is 0 Å². The third-order valence-corrected chi connectivity index (χ3v) is 5.73. The molecule has 1 aliphatic carbocycles. The van der Waals surface area contributed by atoms with Crippen LogP contribution < -0.4 is 0 Å². The average Bonchev–Trinajstić information content (AvgIpc) is 2.28. The lowest BCUT2D eigenvalue weighted by molar-refractivity contribution is -0.143. The molecule has 0 spiro atoms. The van der Waals surface area contributed by atoms with E-state index in [1.54, 1.807) is 0 Å². The van der Waals surface area contributed by atoms with Crippen LogP contribution in [0, 0.1) is 5.92 Å². The van der Waals surface area contributed by atoms with E-state index in [2.05, 4.69) is 19.6 Å². The highest BCUT2D eigenvalue weighted by molar-refractivity contribution is 6.80. The van der Waals surface area contributed by atoms with Crippen molar-refractivity contribution in [1.29, 1.82) is 0 Å². The minimum absolute atomic E-state index is 0.0434. The highest BCUT2D eigenvalue weighted by Gasteiger charge is 2.39. The van der Waals surface area contributed by atoms with Gasteiger partial charge in [-0.15, -0.1) is 0 Å². The third kappa shape index (κ3) is 3.67. The summed E-state index contributed by atoms with van der Waals surface area (Å²) in [5.74, 6) is 0.0775. The van der Waals surface area contributed by atoms with E-state index in [0.29, 0.717) is 12.2 Å². The Morgan fingerprint density at radius 3 is 2.61 bits per heavy atom. The summed E-state index contributed by atoms with van der Waals surface area (Å²) in [6, 6.07) is 0. The van der Waals surface area contributed by atoms with E-state index in [1.165, 1.54) is 0 Å². The number of carbonyl (C=O) groups is 2. The molecule has 0 aromatic carbocycles. The van der Waals surface area contributed by atoms with Gasteiger partial charge in [0.1, 0.15) is 6.29 Å². The fraction of sp³-hybridized carbons (Fsp3) is 0.571. The molecule has 0 N–H and O–H groups in total. The van der Waals surface area contributed by atoms with Crippen molar-refractivity contribution >= 4 is 20.3 Å². The minimum Gasteiger partial charge on any atom is -0.466 e. The van der Waals surface area contributed by atoms with E-state index in [-0.39, 0.29) is 17.4 Å². The van der Waals surface area contributed by atoms with E-state index in [0.717, 1.165) is 12.7 Å². The van der Waals surface area contributed by atoms with E-state index in [9.17, 15) is 9.59 Å². The zero-order valence-corrected chi connectivity index (χ0v) is 12.6. The number of hydrogen-bond donors (Lipinski definition) is 0. The summed E-state index contributed by atoms with van der Waals surface area (Å²) in [6.45, 7) is 8.80. The van der Waals surface area contributed by atoms with Crippen LogP contribution in [0.3, 0.4) is 0 Å². The summed E-state index contributed by atoms with van der Waals surface area (Å²) in [5, 5.41) is 0. The van der Waals surface area contributed by atoms with E-state index in [1.807, 2.05) is 25.2 Å². The summed E-state index contributed by atoms with van der Waals surface area (Å²) < 4.78 is 5.21. The predicted molar refractivity (Wildman–Crippen MR) is 75.1 cm³/mol. The van der Waals surface area contributed by atoms with Crippen LogP contribution in [0.4, 0.5) is 0 Å². The Morgan fingerprint density at radius 2 is 2.22 bits per heavy atom. The Hall–Kier alpha value is -1.16. The number of carbonyl (C=O) groups excluding carboxylic acids is 2. The molecule has 0 bridgehead atoms. The van der Waals surface area contributed by atoms with Gasteiger partial charge in [-0.1, -0.05) is 37.9 Å². The van der Waals surface area contributed by atoms with Gasteiger partial charge in [-0.3, -0.25) is 9.59 Å². The van der Waals surface area contributed by atoms with Crippen LogP contribution in [0.25, 0.3) is 0 Å². The van der Waals surface area contributed by atoms with Gasteiger partial charge in [0.2, 0.25) is 0 Å². The molecule has 0 saturated heterocycles. The highest BCUT2D eigenvalue weighted by atomic mass is 28.3. The van der Waals surface area contributed by atoms with Crippen molar-refractivity contribution < 1.29 is 14.3 Å². The SMILES string of the molecule is CCOC(=O)C(C1C=CC(C=O)=CC1)[Si](C)(C)C. The molecule has 0 heterocycles. The number of rotatable bonds is 5. The smallest absolute Gasteiger partial charge is 0.306 e. The first-order valence-electron chi connectivity index (χ1n) is 6.40. The number of hydrogen-bond acceptors (Lipinski definition) is 3. The number of ether oxygens (including phenoxy) is 1. The van der Waals surface area contributed by atoms with Crippen LogP contribution >= 0.6 is 0 Å². The van der Waals surface area contributed by atoms with Gasteiger partial charge >= 0.3 is 5.97 Å². The number of esters is 1. The lowest BCUT2D eigenvalue weighted by Gasteiger charge is -2.33. The van der Waals surface area contributed by atoms with Crippen molar-refractivity contribution in [3.05, 3.63) is 23.8 Å². The molecule has 2 unspecified atom stereocenters. The summed E-state index contributed by atoms with van der Waals surface area (Å²) >= 11 is 0. The van der Waals surface area contributed by atoms with Crippen molar-refractivity contribution in [3.8, 4) is 0 Å². The molecule has 0 amide bonds. The van der Waals surface area contributed by atoms with Gasteiger partial charge in [-0.2, -0.15) is 0 Å². The Labute approximate surface area is 110 Å². The molecule has 3 nitrogen and oxygen atoms in total. The maximum absolute atomic E-state index is 12.1. The molecule has 18 heavy (non-hydrogen) atoms. The second kappa shape index (κ2) is 6.14. The van der Waals surface area contributed by atoms with Crippen LogP contribution in [0.2, 0.25) is 25.2 Å². The van der Waals surface area contributed by atoms with Crippen molar-refractivity contribution in [1.82, 2.24) is 0 Å². The number of allylic oxidation sites excluding steroid dienone is 4. The summed E-state index contributed by atoms with van der Waals surface area (Å²) in [5.41, 5.74) is 0.655. The zero-order chi connectivity index (χ0) is 13.8. The second-order valence-electron chi connectivity index (χ2n) is 5.68. The molecule has 1 rings (SSSR count). The monoisotopic (exact) mass is 266 g/mol. The lowest BCUT2D eigenvalue weighted by atomic mass is 9.94. The van der Waals surface area contributed by atoms with Crippen LogP contribution in [0.1, 0.15) is 13.3 Å². The van der Waals surface area contributed by atoms with Crippen LogP contribution in [0.15, 0.2) is 23.8 Å². The number of aldehydes is 1. The fourth-order valence-electron chi connectivity index (χ4n) is 2.39. The second-order valence-corrected chi connectivity index (χ2v) is 11.0. The van der Waals surface area contributed by atoms with Crippen LogP contribution in [-0.4, -0.2) is 26.9 Å². The predicted octanol–water partition coefficient (Wildman–Crippen LogP) is 2.96. The molecular formula is C14H22O3Si. The average molecular weight is 266 g/mol. The van der Waals surface area contributed by atoms with Crippen LogP contribution in [0.5, 0.6) is 0 Å². The van der Waals surface area contributed by atoms with Gasteiger partial charge in [0.05, 0.1) is 20.2 Å². The Balaban J connectivity index is 2.87. The van der Waals surface area contributed by atoms with E-state index in [4.69, 9.17) is 4.74 Å². The summed E-state index contributed by atoms with van der Waals surface area (Å²) in [7, 11) is -1.65. The third-order valence-electron chi connectivity index (χ3n) is 3.20. The van der Waals surface area contributed by atoms with Gasteiger partial charge in [-0.05, 0) is 19.3 Å². The molecule has 0 aromatic rings. The molecule has 4 heteroatoms. The van der Waals surface area contributed by atoms with Crippen molar-refractivity contribution in [3.63, 3.8) is 0 Å².